The third-order valence-corrected chi connectivity index (χ3v) is 5.03. The van der Waals surface area contributed by atoms with Gasteiger partial charge in [-0.05, 0) is 47.9 Å². The lowest BCUT2D eigenvalue weighted by Crippen LogP contribution is -2.34. The van der Waals surface area contributed by atoms with Crippen molar-refractivity contribution in [2.24, 2.45) is 0 Å². The van der Waals surface area contributed by atoms with E-state index in [2.05, 4.69) is 73.4 Å². The van der Waals surface area contributed by atoms with Crippen molar-refractivity contribution < 1.29 is 0 Å². The average Bonchev–Trinajstić information content (AvgIpc) is 2.53. The van der Waals surface area contributed by atoms with Crippen LogP contribution in [0.3, 0.4) is 0 Å². The summed E-state index contributed by atoms with van der Waals surface area (Å²) in [5.41, 5.74) is 1.47. The first-order valence-electron chi connectivity index (χ1n) is 8.13. The second-order valence-corrected chi connectivity index (χ2v) is 6.72. The summed E-state index contributed by atoms with van der Waals surface area (Å²) in [6, 6.07) is 16.0. The van der Waals surface area contributed by atoms with Gasteiger partial charge in [0, 0.05) is 11.8 Å². The molecule has 2 rings (SSSR count). The van der Waals surface area contributed by atoms with Crippen molar-refractivity contribution in [3.8, 4) is 0 Å². The Morgan fingerprint density at radius 2 is 1.81 bits per heavy atom. The van der Waals surface area contributed by atoms with E-state index in [1.54, 1.807) is 0 Å². The van der Waals surface area contributed by atoms with Gasteiger partial charge < -0.3 is 5.32 Å². The fourth-order valence-electron chi connectivity index (χ4n) is 2.64. The normalized spacial score (nSPS) is 12.7. The van der Waals surface area contributed by atoms with Crippen LogP contribution in [0.2, 0.25) is 0 Å². The van der Waals surface area contributed by atoms with Gasteiger partial charge in [0.05, 0.1) is 0 Å². The molecule has 0 heterocycles. The maximum atomic E-state index is 3.72. The summed E-state index contributed by atoms with van der Waals surface area (Å²) < 4.78 is 0. The molecule has 0 spiro atoms. The van der Waals surface area contributed by atoms with Gasteiger partial charge in [0.2, 0.25) is 0 Å². The molecule has 2 aromatic carbocycles. The fraction of sp³-hybridized carbons (Fsp3) is 0.474. The van der Waals surface area contributed by atoms with Crippen LogP contribution in [0.15, 0.2) is 42.5 Å². The number of hydrogen-bond acceptors (Lipinski definition) is 2. The molecule has 1 N–H and O–H groups in total. The number of benzene rings is 2. The first-order valence-corrected chi connectivity index (χ1v) is 9.28. The largest absolute Gasteiger partial charge is 0.313 e. The van der Waals surface area contributed by atoms with E-state index >= 15 is 0 Å². The van der Waals surface area contributed by atoms with Crippen LogP contribution in [0.4, 0.5) is 0 Å². The summed E-state index contributed by atoms with van der Waals surface area (Å²) in [5, 5.41) is 6.48. The lowest BCUT2D eigenvalue weighted by atomic mass is 9.99. The van der Waals surface area contributed by atoms with E-state index < -0.39 is 0 Å². The molecule has 114 valence electrons. The molecule has 1 atom stereocenters. The van der Waals surface area contributed by atoms with E-state index in [4.69, 9.17) is 0 Å². The Labute approximate surface area is 133 Å². The molecule has 21 heavy (non-hydrogen) atoms. The Balaban J connectivity index is 2.09. The van der Waals surface area contributed by atoms with E-state index in [0.29, 0.717) is 6.04 Å². The van der Waals surface area contributed by atoms with Crippen LogP contribution in [-0.4, -0.2) is 24.1 Å². The fourth-order valence-corrected chi connectivity index (χ4v) is 3.62. The minimum Gasteiger partial charge on any atom is -0.313 e. The van der Waals surface area contributed by atoms with E-state index in [1.165, 1.54) is 40.7 Å². The van der Waals surface area contributed by atoms with Crippen molar-refractivity contribution in [1.29, 1.82) is 0 Å². The highest BCUT2D eigenvalue weighted by Gasteiger charge is 2.10. The SMILES string of the molecule is CCCNC(CSCCC)Cc1cccc2ccccc12. The zero-order valence-electron chi connectivity index (χ0n) is 13.3. The molecule has 0 fully saturated rings. The summed E-state index contributed by atoms with van der Waals surface area (Å²) >= 11 is 2.07. The smallest absolute Gasteiger partial charge is 0.0198 e. The summed E-state index contributed by atoms with van der Waals surface area (Å²) in [6.45, 7) is 5.61. The minimum atomic E-state index is 0.576. The predicted molar refractivity (Wildman–Crippen MR) is 97.3 cm³/mol. The first-order chi connectivity index (χ1) is 10.3. The van der Waals surface area contributed by atoms with Crippen LogP contribution in [0, 0.1) is 0 Å². The van der Waals surface area contributed by atoms with Gasteiger partial charge >= 0.3 is 0 Å². The van der Waals surface area contributed by atoms with Crippen LogP contribution in [-0.2, 0) is 6.42 Å². The van der Waals surface area contributed by atoms with E-state index in [9.17, 15) is 0 Å². The molecule has 0 aliphatic rings. The maximum Gasteiger partial charge on any atom is 0.0198 e. The Kier molecular flexibility index (Phi) is 7.11. The number of rotatable bonds is 9. The van der Waals surface area contributed by atoms with Crippen molar-refractivity contribution in [1.82, 2.24) is 5.32 Å². The van der Waals surface area contributed by atoms with Crippen LogP contribution < -0.4 is 5.32 Å². The number of thioether (sulfide) groups is 1. The lowest BCUT2D eigenvalue weighted by molar-refractivity contribution is 0.551. The van der Waals surface area contributed by atoms with Crippen LogP contribution in [0.5, 0.6) is 0 Å². The standard InChI is InChI=1S/C19H27NS/c1-3-12-20-18(15-21-13-4-2)14-17-10-7-9-16-8-5-6-11-19(16)17/h5-11,18,20H,3-4,12-15H2,1-2H3. The molecular weight excluding hydrogens is 274 g/mol. The van der Waals surface area contributed by atoms with Crippen molar-refractivity contribution >= 4 is 22.5 Å². The van der Waals surface area contributed by atoms with Crippen LogP contribution in [0.1, 0.15) is 32.3 Å². The summed E-state index contributed by atoms with van der Waals surface area (Å²) in [7, 11) is 0. The molecule has 1 nitrogen and oxygen atoms in total. The molecule has 0 aliphatic heterocycles. The van der Waals surface area contributed by atoms with E-state index in [0.717, 1.165) is 13.0 Å². The third-order valence-electron chi connectivity index (χ3n) is 3.70. The Bertz CT molecular complexity index is 533. The van der Waals surface area contributed by atoms with Gasteiger partial charge in [-0.3, -0.25) is 0 Å². The molecule has 0 amide bonds. The summed E-state index contributed by atoms with van der Waals surface area (Å²) in [4.78, 5) is 0. The van der Waals surface area contributed by atoms with Crippen molar-refractivity contribution in [3.05, 3.63) is 48.0 Å². The van der Waals surface area contributed by atoms with Gasteiger partial charge in [0.1, 0.15) is 0 Å². The maximum absolute atomic E-state index is 3.72. The van der Waals surface area contributed by atoms with Gasteiger partial charge in [0.25, 0.3) is 0 Å². The van der Waals surface area contributed by atoms with Gasteiger partial charge in [-0.15, -0.1) is 0 Å². The lowest BCUT2D eigenvalue weighted by Gasteiger charge is -2.19. The summed E-state index contributed by atoms with van der Waals surface area (Å²) in [5.74, 6) is 2.47. The van der Waals surface area contributed by atoms with Gasteiger partial charge in [-0.1, -0.05) is 56.3 Å². The molecule has 2 aromatic rings. The monoisotopic (exact) mass is 301 g/mol. The number of nitrogens with one attached hydrogen (secondary N) is 1. The molecule has 0 saturated carbocycles. The highest BCUT2D eigenvalue weighted by molar-refractivity contribution is 7.99. The highest BCUT2D eigenvalue weighted by Crippen LogP contribution is 2.20. The molecule has 0 aliphatic carbocycles. The molecule has 0 aromatic heterocycles. The average molecular weight is 301 g/mol. The Morgan fingerprint density at radius 1 is 1.00 bits per heavy atom. The number of fused-ring (bicyclic) bond motifs is 1. The predicted octanol–water partition coefficient (Wildman–Crippen LogP) is 4.89. The topological polar surface area (TPSA) is 12.0 Å². The first kappa shape index (κ1) is 16.4. The van der Waals surface area contributed by atoms with Crippen LogP contribution >= 0.6 is 11.8 Å². The molecular formula is C19H27NS. The molecule has 1 unspecified atom stereocenters. The van der Waals surface area contributed by atoms with Crippen molar-refractivity contribution in [2.45, 2.75) is 39.2 Å². The van der Waals surface area contributed by atoms with Crippen LogP contribution in [0.25, 0.3) is 10.8 Å². The molecule has 0 saturated heterocycles. The molecule has 2 heteroatoms. The molecule has 0 bridgehead atoms. The van der Waals surface area contributed by atoms with E-state index in [-0.39, 0.29) is 0 Å². The quantitative estimate of drug-likeness (QED) is 0.662. The zero-order chi connectivity index (χ0) is 14.9. The Morgan fingerprint density at radius 3 is 2.62 bits per heavy atom. The zero-order valence-corrected chi connectivity index (χ0v) is 14.1. The molecule has 0 radical (unpaired) electrons. The van der Waals surface area contributed by atoms with Gasteiger partial charge in [-0.2, -0.15) is 11.8 Å². The second kappa shape index (κ2) is 9.11. The van der Waals surface area contributed by atoms with Gasteiger partial charge in [-0.25, -0.2) is 0 Å². The third kappa shape index (κ3) is 5.05. The van der Waals surface area contributed by atoms with Gasteiger partial charge in [0.15, 0.2) is 0 Å². The van der Waals surface area contributed by atoms with Crippen molar-refractivity contribution in [2.75, 3.05) is 18.1 Å². The summed E-state index contributed by atoms with van der Waals surface area (Å²) in [6.07, 6.45) is 3.59. The second-order valence-electron chi connectivity index (χ2n) is 5.57. The number of hydrogen-bond donors (Lipinski definition) is 1. The minimum absolute atomic E-state index is 0.576. The van der Waals surface area contributed by atoms with E-state index in [1.807, 2.05) is 0 Å². The highest BCUT2D eigenvalue weighted by atomic mass is 32.2. The Hall–Kier alpha value is -0.990. The van der Waals surface area contributed by atoms with Crippen molar-refractivity contribution in [3.63, 3.8) is 0 Å².